The Bertz CT molecular complexity index is 593. The number of benzene rings is 1. The van der Waals surface area contributed by atoms with Crippen LogP contribution in [-0.4, -0.2) is 17.7 Å². The van der Waals surface area contributed by atoms with Gasteiger partial charge < -0.3 is 10.6 Å². The van der Waals surface area contributed by atoms with Gasteiger partial charge in [0.1, 0.15) is 18.4 Å². The Hall–Kier alpha value is -1.68. The lowest BCUT2D eigenvalue weighted by molar-refractivity contribution is -0.671. The molecule has 0 spiro atoms. The molecule has 0 radical (unpaired) electrons. The van der Waals surface area contributed by atoms with Crippen molar-refractivity contribution in [3.8, 4) is 0 Å². The fourth-order valence-electron chi connectivity index (χ4n) is 2.62. The van der Waals surface area contributed by atoms with Crippen molar-refractivity contribution < 1.29 is 4.57 Å². The molecule has 0 bridgehead atoms. The van der Waals surface area contributed by atoms with E-state index in [1.54, 1.807) is 0 Å². The SMILES string of the molecule is C[n+]1ccn(C2CCN(c3ccc(N)c(Cl)c3)C2)c1. The molecule has 2 heterocycles. The lowest BCUT2D eigenvalue weighted by Gasteiger charge is -2.18. The van der Waals surface area contributed by atoms with Gasteiger partial charge in [-0.05, 0) is 18.2 Å². The van der Waals surface area contributed by atoms with Crippen LogP contribution in [0.25, 0.3) is 0 Å². The summed E-state index contributed by atoms with van der Waals surface area (Å²) in [7, 11) is 2.04. The van der Waals surface area contributed by atoms with Crippen LogP contribution in [0.4, 0.5) is 11.4 Å². The zero-order valence-corrected chi connectivity index (χ0v) is 11.7. The highest BCUT2D eigenvalue weighted by molar-refractivity contribution is 6.33. The Balaban J connectivity index is 1.76. The fraction of sp³-hybridized carbons (Fsp3) is 0.357. The van der Waals surface area contributed by atoms with E-state index in [0.717, 1.165) is 25.2 Å². The molecule has 1 aliphatic heterocycles. The summed E-state index contributed by atoms with van der Waals surface area (Å²) in [6.07, 6.45) is 7.48. The highest BCUT2D eigenvalue weighted by atomic mass is 35.5. The number of nitrogens with two attached hydrogens (primary N) is 1. The topological polar surface area (TPSA) is 38.1 Å². The van der Waals surface area contributed by atoms with Crippen molar-refractivity contribution in [3.63, 3.8) is 0 Å². The van der Waals surface area contributed by atoms with Gasteiger partial charge in [0.15, 0.2) is 0 Å². The summed E-state index contributed by atoms with van der Waals surface area (Å²) in [5, 5.41) is 0.633. The van der Waals surface area contributed by atoms with E-state index in [1.165, 1.54) is 0 Å². The lowest BCUT2D eigenvalue weighted by atomic mass is 10.2. The van der Waals surface area contributed by atoms with Crippen molar-refractivity contribution in [3.05, 3.63) is 41.9 Å². The molecule has 0 saturated carbocycles. The van der Waals surface area contributed by atoms with Crippen LogP contribution in [-0.2, 0) is 7.05 Å². The van der Waals surface area contributed by atoms with E-state index in [4.69, 9.17) is 17.3 Å². The number of nitrogens with zero attached hydrogens (tertiary/aromatic N) is 3. The standard InChI is InChI=1S/C14H18ClN4/c1-17-6-7-19(10-17)12-4-5-18(9-12)11-2-3-14(16)13(15)8-11/h2-3,6-8,10,12H,4-5,9,16H2,1H3/q+1. The minimum absolute atomic E-state index is 0.525. The second-order valence-corrected chi connectivity index (χ2v) is 5.53. The average Bonchev–Trinajstić information content (AvgIpc) is 3.01. The Kier molecular flexibility index (Phi) is 3.11. The Morgan fingerprint density at radius 1 is 1.42 bits per heavy atom. The van der Waals surface area contributed by atoms with Crippen molar-refractivity contribution in [2.24, 2.45) is 7.05 Å². The van der Waals surface area contributed by atoms with Gasteiger partial charge in [-0.25, -0.2) is 9.13 Å². The fourth-order valence-corrected chi connectivity index (χ4v) is 2.79. The zero-order chi connectivity index (χ0) is 13.4. The minimum Gasteiger partial charge on any atom is -0.398 e. The van der Waals surface area contributed by atoms with E-state index < -0.39 is 0 Å². The molecule has 4 nitrogen and oxygen atoms in total. The molecule has 0 amide bonds. The van der Waals surface area contributed by atoms with Gasteiger partial charge in [-0.15, -0.1) is 0 Å². The van der Waals surface area contributed by atoms with Gasteiger partial charge in [-0.3, -0.25) is 0 Å². The highest BCUT2D eigenvalue weighted by Crippen LogP contribution is 2.30. The van der Waals surface area contributed by atoms with E-state index in [-0.39, 0.29) is 0 Å². The van der Waals surface area contributed by atoms with Crippen LogP contribution in [0.2, 0.25) is 5.02 Å². The minimum atomic E-state index is 0.525. The van der Waals surface area contributed by atoms with Crippen molar-refractivity contribution >= 4 is 23.0 Å². The van der Waals surface area contributed by atoms with Crippen molar-refractivity contribution in [1.29, 1.82) is 0 Å². The number of rotatable bonds is 2. The zero-order valence-electron chi connectivity index (χ0n) is 11.0. The average molecular weight is 278 g/mol. The van der Waals surface area contributed by atoms with Crippen LogP contribution in [0.1, 0.15) is 12.5 Å². The number of imidazole rings is 1. The van der Waals surface area contributed by atoms with Crippen molar-refractivity contribution in [2.45, 2.75) is 12.5 Å². The summed E-state index contributed by atoms with van der Waals surface area (Å²) in [5.41, 5.74) is 7.54. The van der Waals surface area contributed by atoms with Crippen LogP contribution in [0.3, 0.4) is 0 Å². The number of hydrogen-bond donors (Lipinski definition) is 1. The third-order valence-corrected chi connectivity index (χ3v) is 4.05. The molecule has 1 unspecified atom stereocenters. The highest BCUT2D eigenvalue weighted by Gasteiger charge is 2.27. The van der Waals surface area contributed by atoms with E-state index >= 15 is 0 Å². The predicted octanol–water partition coefficient (Wildman–Crippen LogP) is 2.00. The van der Waals surface area contributed by atoms with Gasteiger partial charge in [0.25, 0.3) is 0 Å². The molecule has 2 aromatic rings. The summed E-state index contributed by atoms with van der Waals surface area (Å²) >= 11 is 6.09. The molecule has 1 fully saturated rings. The molecular weight excluding hydrogens is 260 g/mol. The Morgan fingerprint density at radius 3 is 2.95 bits per heavy atom. The van der Waals surface area contributed by atoms with Crippen LogP contribution in [0, 0.1) is 0 Å². The molecule has 1 atom stereocenters. The smallest absolute Gasteiger partial charge is 0.243 e. The third kappa shape index (κ3) is 2.40. The monoisotopic (exact) mass is 277 g/mol. The van der Waals surface area contributed by atoms with E-state index in [1.807, 2.05) is 25.2 Å². The molecule has 1 aromatic heterocycles. The first-order valence-corrected chi connectivity index (χ1v) is 6.84. The largest absolute Gasteiger partial charge is 0.398 e. The van der Waals surface area contributed by atoms with Gasteiger partial charge in [-0.2, -0.15) is 0 Å². The Morgan fingerprint density at radius 2 is 2.26 bits per heavy atom. The first-order chi connectivity index (χ1) is 9.13. The first-order valence-electron chi connectivity index (χ1n) is 6.46. The summed E-state index contributed by atoms with van der Waals surface area (Å²) in [5.74, 6) is 0. The van der Waals surface area contributed by atoms with Gasteiger partial charge >= 0.3 is 0 Å². The summed E-state index contributed by atoms with van der Waals surface area (Å²) < 4.78 is 4.35. The van der Waals surface area contributed by atoms with Gasteiger partial charge in [0, 0.05) is 18.7 Å². The number of nitrogen functional groups attached to an aromatic ring is 1. The quantitative estimate of drug-likeness (QED) is 0.674. The number of aromatic nitrogens is 2. The molecule has 1 saturated heterocycles. The second-order valence-electron chi connectivity index (χ2n) is 5.12. The summed E-state index contributed by atoms with van der Waals surface area (Å²) in [6, 6.07) is 6.40. The summed E-state index contributed by atoms with van der Waals surface area (Å²) in [6.45, 7) is 2.06. The molecule has 3 rings (SSSR count). The second kappa shape index (κ2) is 4.78. The molecule has 0 aliphatic carbocycles. The van der Waals surface area contributed by atoms with Crippen LogP contribution < -0.4 is 15.2 Å². The van der Waals surface area contributed by atoms with Gasteiger partial charge in [0.2, 0.25) is 6.33 Å². The maximum absolute atomic E-state index is 6.09. The van der Waals surface area contributed by atoms with E-state index in [0.29, 0.717) is 16.8 Å². The van der Waals surface area contributed by atoms with Crippen LogP contribution in [0.15, 0.2) is 36.9 Å². The van der Waals surface area contributed by atoms with Gasteiger partial charge in [-0.1, -0.05) is 11.6 Å². The van der Waals surface area contributed by atoms with E-state index in [2.05, 4.69) is 32.8 Å². The molecule has 1 aliphatic rings. The molecule has 1 aromatic carbocycles. The number of aryl methyl sites for hydroxylation is 1. The maximum atomic E-state index is 6.09. The van der Waals surface area contributed by atoms with Gasteiger partial charge in [0.05, 0.1) is 24.3 Å². The molecule has 5 heteroatoms. The predicted molar refractivity (Wildman–Crippen MR) is 77.3 cm³/mol. The molecule has 100 valence electrons. The summed E-state index contributed by atoms with van der Waals surface area (Å²) in [4.78, 5) is 2.36. The lowest BCUT2D eigenvalue weighted by Crippen LogP contribution is -2.25. The molecule has 2 N–H and O–H groups in total. The van der Waals surface area contributed by atoms with E-state index in [9.17, 15) is 0 Å². The molecular formula is C14H18ClN4+. The molecule has 19 heavy (non-hydrogen) atoms. The van der Waals surface area contributed by atoms with Crippen molar-refractivity contribution in [1.82, 2.24) is 4.57 Å². The number of halogens is 1. The Labute approximate surface area is 118 Å². The maximum Gasteiger partial charge on any atom is 0.243 e. The number of hydrogen-bond acceptors (Lipinski definition) is 2. The normalized spacial score (nSPS) is 19.1. The van der Waals surface area contributed by atoms with Crippen LogP contribution in [0.5, 0.6) is 0 Å². The number of anilines is 2. The first kappa shape index (κ1) is 12.4. The van der Waals surface area contributed by atoms with Crippen molar-refractivity contribution in [2.75, 3.05) is 23.7 Å². The third-order valence-electron chi connectivity index (χ3n) is 3.72. The van der Waals surface area contributed by atoms with Crippen LogP contribution >= 0.6 is 11.6 Å².